The number of nitriles is 1. The van der Waals surface area contributed by atoms with Crippen molar-refractivity contribution in [3.63, 3.8) is 0 Å². The molecule has 12 heteroatoms. The van der Waals surface area contributed by atoms with Crippen LogP contribution < -0.4 is 15.8 Å². The number of ether oxygens (including phenoxy) is 1. The molecule has 0 amide bonds. The van der Waals surface area contributed by atoms with Crippen LogP contribution in [-0.2, 0) is 6.54 Å². The predicted molar refractivity (Wildman–Crippen MR) is 175 cm³/mol. The average Bonchev–Trinajstić information content (AvgIpc) is 3.48. The zero-order valence-corrected chi connectivity index (χ0v) is 25.2. The first kappa shape index (κ1) is 28.8. The number of hydrogen-bond acceptors (Lipinski definition) is 11. The molecule has 5 aromatic heterocycles. The van der Waals surface area contributed by atoms with E-state index in [0.29, 0.717) is 34.9 Å². The molecule has 1 aliphatic heterocycles. The molecule has 0 saturated carbocycles. The molecule has 0 atom stereocenters. The Balaban J connectivity index is 1.14. The third kappa shape index (κ3) is 5.91. The standard InChI is InChI=1S/C34H31N11O/c1-46-26-17-23(19-37-20-26)28-8-9-29-34(41-28)45(33(42-29)27-3-2-13-39-32(27)36)25-6-4-22(5-7-25)21-44-15-11-24(12-16-44)40-30-10-14-38-31(18-35)43-30/h2-10,13-14,17,19-20,24H,11-12,15-16,21H2,1H3,(H2,36,39)(H,38,40,43). The number of nitrogens with zero attached hydrogens (tertiary/aromatic N) is 9. The summed E-state index contributed by atoms with van der Waals surface area (Å²) in [5, 5.41) is 12.5. The summed E-state index contributed by atoms with van der Waals surface area (Å²) in [7, 11) is 1.62. The number of imidazole rings is 1. The molecule has 1 aromatic carbocycles. The summed E-state index contributed by atoms with van der Waals surface area (Å²) in [5.74, 6) is 2.60. The van der Waals surface area contributed by atoms with E-state index >= 15 is 0 Å². The Kier molecular flexibility index (Phi) is 7.89. The largest absolute Gasteiger partial charge is 0.495 e. The average molecular weight is 610 g/mol. The Morgan fingerprint density at radius 2 is 1.83 bits per heavy atom. The number of benzene rings is 1. The molecule has 0 spiro atoms. The van der Waals surface area contributed by atoms with Crippen LogP contribution in [0.3, 0.4) is 0 Å². The van der Waals surface area contributed by atoms with Gasteiger partial charge < -0.3 is 15.8 Å². The van der Waals surface area contributed by atoms with Crippen LogP contribution in [-0.4, -0.2) is 65.6 Å². The van der Waals surface area contributed by atoms with E-state index in [4.69, 9.17) is 25.7 Å². The molecule has 0 radical (unpaired) electrons. The van der Waals surface area contributed by atoms with Crippen molar-refractivity contribution >= 4 is 22.8 Å². The molecule has 7 rings (SSSR count). The molecule has 1 aliphatic rings. The van der Waals surface area contributed by atoms with Crippen molar-refractivity contribution in [2.45, 2.75) is 25.4 Å². The van der Waals surface area contributed by atoms with Gasteiger partial charge in [0.1, 0.15) is 29.0 Å². The Labute approximate surface area is 265 Å². The van der Waals surface area contributed by atoms with Gasteiger partial charge in [-0.3, -0.25) is 14.5 Å². The van der Waals surface area contributed by atoms with Crippen molar-refractivity contribution in [3.05, 3.63) is 96.8 Å². The molecular formula is C34H31N11O. The maximum atomic E-state index is 9.08. The molecule has 46 heavy (non-hydrogen) atoms. The van der Waals surface area contributed by atoms with Gasteiger partial charge in [-0.2, -0.15) is 5.26 Å². The first-order valence-electron chi connectivity index (χ1n) is 15.0. The van der Waals surface area contributed by atoms with Crippen molar-refractivity contribution < 1.29 is 4.74 Å². The SMILES string of the molecule is COc1cncc(-c2ccc3nc(-c4cccnc4N)n(-c4ccc(CN5CCC(Nc6ccnc(C#N)n6)CC5)cc4)c3n2)c1. The van der Waals surface area contributed by atoms with Crippen molar-refractivity contribution in [3.8, 4) is 40.2 Å². The highest BCUT2D eigenvalue weighted by atomic mass is 16.5. The highest BCUT2D eigenvalue weighted by Gasteiger charge is 2.21. The highest BCUT2D eigenvalue weighted by molar-refractivity contribution is 5.84. The smallest absolute Gasteiger partial charge is 0.234 e. The summed E-state index contributed by atoms with van der Waals surface area (Å²) >= 11 is 0. The number of fused-ring (bicyclic) bond motifs is 1. The summed E-state index contributed by atoms with van der Waals surface area (Å²) in [6, 6.07) is 22.2. The minimum absolute atomic E-state index is 0.177. The second-order valence-electron chi connectivity index (χ2n) is 11.1. The van der Waals surface area contributed by atoms with Gasteiger partial charge >= 0.3 is 0 Å². The van der Waals surface area contributed by atoms with Gasteiger partial charge in [0.2, 0.25) is 5.82 Å². The molecule has 0 bridgehead atoms. The number of nitrogens with two attached hydrogens (primary N) is 1. The lowest BCUT2D eigenvalue weighted by Crippen LogP contribution is -2.38. The number of nitrogens with one attached hydrogen (secondary N) is 1. The van der Waals surface area contributed by atoms with Gasteiger partial charge in [-0.15, -0.1) is 0 Å². The first-order valence-corrected chi connectivity index (χ1v) is 15.0. The molecule has 228 valence electrons. The zero-order chi connectivity index (χ0) is 31.5. The molecule has 0 aliphatic carbocycles. The van der Waals surface area contributed by atoms with Crippen molar-refractivity contribution in [1.29, 1.82) is 5.26 Å². The molecule has 1 fully saturated rings. The number of hydrogen-bond donors (Lipinski definition) is 2. The van der Waals surface area contributed by atoms with E-state index < -0.39 is 0 Å². The fraction of sp³-hybridized carbons (Fsp3) is 0.206. The van der Waals surface area contributed by atoms with Crippen LogP contribution in [0.2, 0.25) is 0 Å². The summed E-state index contributed by atoms with van der Waals surface area (Å²) in [6.45, 7) is 2.76. The quantitative estimate of drug-likeness (QED) is 0.243. The van der Waals surface area contributed by atoms with Crippen molar-refractivity contribution in [1.82, 2.24) is 39.4 Å². The van der Waals surface area contributed by atoms with Crippen LogP contribution in [0.15, 0.2) is 85.5 Å². The molecule has 3 N–H and O–H groups in total. The number of nitrogen functional groups attached to an aromatic ring is 1. The Bertz CT molecular complexity index is 2040. The van der Waals surface area contributed by atoms with Gasteiger partial charge in [0.15, 0.2) is 11.5 Å². The minimum Gasteiger partial charge on any atom is -0.495 e. The van der Waals surface area contributed by atoms with Crippen LogP contribution in [0.4, 0.5) is 11.6 Å². The number of likely N-dealkylation sites (tertiary alicyclic amines) is 1. The van der Waals surface area contributed by atoms with Crippen molar-refractivity contribution in [2.24, 2.45) is 0 Å². The van der Waals surface area contributed by atoms with Gasteiger partial charge in [-0.05, 0) is 66.9 Å². The molecule has 1 saturated heterocycles. The summed E-state index contributed by atoms with van der Waals surface area (Å²) in [4.78, 5) is 29.3. The van der Waals surface area contributed by atoms with Gasteiger partial charge in [0.05, 0.1) is 24.6 Å². The fourth-order valence-electron chi connectivity index (χ4n) is 5.77. The van der Waals surface area contributed by atoms with Crippen LogP contribution in [0.5, 0.6) is 5.75 Å². The lowest BCUT2D eigenvalue weighted by molar-refractivity contribution is 0.211. The molecule has 12 nitrogen and oxygen atoms in total. The monoisotopic (exact) mass is 609 g/mol. The lowest BCUT2D eigenvalue weighted by atomic mass is 10.0. The first-order chi connectivity index (χ1) is 22.6. The molecule has 0 unspecified atom stereocenters. The highest BCUT2D eigenvalue weighted by Crippen LogP contribution is 2.32. The predicted octanol–water partition coefficient (Wildman–Crippen LogP) is 4.87. The fourth-order valence-corrected chi connectivity index (χ4v) is 5.77. The molecular weight excluding hydrogens is 578 g/mol. The van der Waals surface area contributed by atoms with Crippen molar-refractivity contribution in [2.75, 3.05) is 31.2 Å². The molecule has 6 heterocycles. The van der Waals surface area contributed by atoms with E-state index in [1.807, 2.05) is 41.0 Å². The van der Waals surface area contributed by atoms with E-state index in [1.54, 1.807) is 38.0 Å². The Morgan fingerprint density at radius 3 is 2.61 bits per heavy atom. The van der Waals surface area contributed by atoms with E-state index in [-0.39, 0.29) is 5.82 Å². The third-order valence-corrected chi connectivity index (χ3v) is 8.12. The maximum Gasteiger partial charge on any atom is 0.234 e. The van der Waals surface area contributed by atoms with E-state index in [9.17, 15) is 0 Å². The number of rotatable bonds is 8. The van der Waals surface area contributed by atoms with E-state index in [1.165, 1.54) is 5.56 Å². The number of anilines is 2. The summed E-state index contributed by atoms with van der Waals surface area (Å²) < 4.78 is 7.42. The second kappa shape index (κ2) is 12.6. The van der Waals surface area contributed by atoms with Crippen LogP contribution in [0.25, 0.3) is 39.5 Å². The number of methoxy groups -OCH3 is 1. The van der Waals surface area contributed by atoms with Gasteiger partial charge in [0.25, 0.3) is 0 Å². The van der Waals surface area contributed by atoms with Crippen LogP contribution in [0, 0.1) is 11.3 Å². The summed E-state index contributed by atoms with van der Waals surface area (Å²) in [6.07, 6.45) is 8.69. The van der Waals surface area contributed by atoms with Crippen LogP contribution in [0.1, 0.15) is 24.2 Å². The second-order valence-corrected chi connectivity index (χ2v) is 11.1. The van der Waals surface area contributed by atoms with E-state index in [0.717, 1.165) is 60.5 Å². The van der Waals surface area contributed by atoms with Gasteiger partial charge in [-0.25, -0.2) is 24.9 Å². The topological polar surface area (TPSA) is 157 Å². The maximum absolute atomic E-state index is 9.08. The number of pyridine rings is 3. The normalized spacial score (nSPS) is 13.8. The summed E-state index contributed by atoms with van der Waals surface area (Å²) in [5.41, 5.74) is 12.2. The Hall–Kier alpha value is -5.93. The van der Waals surface area contributed by atoms with E-state index in [2.05, 4.69) is 54.4 Å². The zero-order valence-electron chi connectivity index (χ0n) is 25.2. The molecule has 6 aromatic rings. The number of aromatic nitrogens is 7. The number of piperidine rings is 1. The Morgan fingerprint density at radius 1 is 0.978 bits per heavy atom. The minimum atomic E-state index is 0.177. The third-order valence-electron chi connectivity index (χ3n) is 8.12. The van der Waals surface area contributed by atoms with Crippen LogP contribution >= 0.6 is 0 Å². The lowest BCUT2D eigenvalue weighted by Gasteiger charge is -2.32. The van der Waals surface area contributed by atoms with Gasteiger partial charge in [0, 0.05) is 55.5 Å². The van der Waals surface area contributed by atoms with Gasteiger partial charge in [-0.1, -0.05) is 12.1 Å².